The van der Waals surface area contributed by atoms with Gasteiger partial charge in [0.25, 0.3) is 0 Å². The van der Waals surface area contributed by atoms with E-state index in [1.165, 1.54) is 12.1 Å². The Bertz CT molecular complexity index is 388. The molecule has 4 heteroatoms. The predicted molar refractivity (Wildman–Crippen MR) is 73.3 cm³/mol. The molecule has 1 aromatic rings. The van der Waals surface area contributed by atoms with Crippen molar-refractivity contribution in [2.24, 2.45) is 0 Å². The zero-order valence-electron chi connectivity index (χ0n) is 11.6. The zero-order valence-corrected chi connectivity index (χ0v) is 11.6. The van der Waals surface area contributed by atoms with E-state index >= 15 is 0 Å². The number of halogens is 1. The molecule has 0 amide bonds. The first-order chi connectivity index (χ1) is 8.35. The van der Waals surface area contributed by atoms with Gasteiger partial charge in [0, 0.05) is 25.3 Å². The van der Waals surface area contributed by atoms with Gasteiger partial charge in [-0.05, 0) is 51.6 Å². The minimum atomic E-state index is -0.800. The molecule has 102 valence electrons. The van der Waals surface area contributed by atoms with Crippen LogP contribution in [-0.4, -0.2) is 30.8 Å². The first-order valence-electron chi connectivity index (χ1n) is 6.27. The molecule has 0 saturated carbocycles. The molecule has 0 fully saturated rings. The molecule has 0 spiro atoms. The smallest absolute Gasteiger partial charge is 0.125 e. The number of anilines is 1. The van der Waals surface area contributed by atoms with Gasteiger partial charge in [0.1, 0.15) is 5.82 Å². The van der Waals surface area contributed by atoms with Gasteiger partial charge in [-0.3, -0.25) is 0 Å². The van der Waals surface area contributed by atoms with Crippen LogP contribution in [0.2, 0.25) is 0 Å². The summed E-state index contributed by atoms with van der Waals surface area (Å²) in [7, 11) is 1.83. The van der Waals surface area contributed by atoms with Gasteiger partial charge < -0.3 is 15.3 Å². The molecule has 0 aliphatic heterocycles. The Morgan fingerprint density at radius 2 is 2.00 bits per heavy atom. The molecule has 0 aromatic heterocycles. The van der Waals surface area contributed by atoms with Crippen molar-refractivity contribution >= 4 is 5.69 Å². The van der Waals surface area contributed by atoms with E-state index in [2.05, 4.69) is 5.32 Å². The summed E-state index contributed by atoms with van der Waals surface area (Å²) in [6.45, 7) is 7.34. The molecule has 0 heterocycles. The predicted octanol–water partition coefficient (Wildman–Crippen LogP) is 2.14. The highest BCUT2D eigenvalue weighted by Crippen LogP contribution is 2.20. The van der Waals surface area contributed by atoms with Gasteiger partial charge in [0.15, 0.2) is 0 Å². The number of rotatable bonds is 6. The lowest BCUT2D eigenvalue weighted by molar-refractivity contribution is 0.0875. The van der Waals surface area contributed by atoms with Crippen LogP contribution in [0.25, 0.3) is 0 Å². The number of nitrogens with zero attached hydrogens (tertiary/aromatic N) is 1. The maximum Gasteiger partial charge on any atom is 0.125 e. The number of likely N-dealkylation sites (N-methyl/N-ethyl adjacent to an activating group) is 1. The third kappa shape index (κ3) is 4.63. The van der Waals surface area contributed by atoms with Crippen LogP contribution in [0, 0.1) is 5.82 Å². The first kappa shape index (κ1) is 14.9. The molecular weight excluding hydrogens is 231 g/mol. The highest BCUT2D eigenvalue weighted by Gasteiger charge is 2.18. The summed E-state index contributed by atoms with van der Waals surface area (Å²) in [6.07, 6.45) is 0. The van der Waals surface area contributed by atoms with Gasteiger partial charge in [0.2, 0.25) is 0 Å². The van der Waals surface area contributed by atoms with Crippen molar-refractivity contribution in [1.29, 1.82) is 0 Å². The second kappa shape index (κ2) is 6.16. The molecule has 0 bridgehead atoms. The quantitative estimate of drug-likeness (QED) is 0.816. The lowest BCUT2D eigenvalue weighted by Crippen LogP contribution is -2.38. The van der Waals surface area contributed by atoms with Crippen LogP contribution in [0.5, 0.6) is 0 Å². The summed E-state index contributed by atoms with van der Waals surface area (Å²) in [4.78, 5) is 1.97. The maximum absolute atomic E-state index is 13.6. The van der Waals surface area contributed by atoms with E-state index in [1.54, 1.807) is 13.8 Å². The molecule has 0 aliphatic rings. The molecular formula is C14H23FN2O. The van der Waals surface area contributed by atoms with E-state index in [0.717, 1.165) is 17.8 Å². The SMILES string of the molecule is CCN(CC(C)(C)O)c1cc(F)cc(CNC)c1. The van der Waals surface area contributed by atoms with Crippen molar-refractivity contribution in [1.82, 2.24) is 5.32 Å². The van der Waals surface area contributed by atoms with Crippen LogP contribution < -0.4 is 10.2 Å². The monoisotopic (exact) mass is 254 g/mol. The Kier molecular flexibility index (Phi) is 5.11. The van der Waals surface area contributed by atoms with Crippen LogP contribution in [0.15, 0.2) is 18.2 Å². The molecule has 1 rings (SSSR count). The molecule has 0 saturated heterocycles. The summed E-state index contributed by atoms with van der Waals surface area (Å²) < 4.78 is 13.6. The van der Waals surface area contributed by atoms with Crippen molar-refractivity contribution in [3.05, 3.63) is 29.6 Å². The van der Waals surface area contributed by atoms with Gasteiger partial charge in [-0.2, -0.15) is 0 Å². The fourth-order valence-corrected chi connectivity index (χ4v) is 1.97. The molecule has 3 nitrogen and oxygen atoms in total. The zero-order chi connectivity index (χ0) is 13.8. The highest BCUT2D eigenvalue weighted by molar-refractivity contribution is 5.49. The lowest BCUT2D eigenvalue weighted by atomic mass is 10.1. The summed E-state index contributed by atoms with van der Waals surface area (Å²) in [6, 6.07) is 4.99. The average molecular weight is 254 g/mol. The van der Waals surface area contributed by atoms with Crippen LogP contribution in [0.3, 0.4) is 0 Å². The lowest BCUT2D eigenvalue weighted by Gasteiger charge is -2.30. The number of benzene rings is 1. The second-order valence-electron chi connectivity index (χ2n) is 5.17. The Balaban J connectivity index is 2.98. The fourth-order valence-electron chi connectivity index (χ4n) is 1.97. The van der Waals surface area contributed by atoms with Gasteiger partial charge in [-0.15, -0.1) is 0 Å². The molecule has 0 aliphatic carbocycles. The van der Waals surface area contributed by atoms with Gasteiger partial charge in [-0.25, -0.2) is 4.39 Å². The van der Waals surface area contributed by atoms with E-state index in [-0.39, 0.29) is 5.82 Å². The Hall–Kier alpha value is -1.13. The van der Waals surface area contributed by atoms with Gasteiger partial charge in [0.05, 0.1) is 5.60 Å². The van der Waals surface area contributed by atoms with Crippen LogP contribution >= 0.6 is 0 Å². The van der Waals surface area contributed by atoms with E-state index in [1.807, 2.05) is 24.9 Å². The average Bonchev–Trinajstić information content (AvgIpc) is 2.24. The van der Waals surface area contributed by atoms with E-state index in [9.17, 15) is 9.50 Å². The number of aliphatic hydroxyl groups is 1. The van der Waals surface area contributed by atoms with Crippen molar-refractivity contribution in [2.75, 3.05) is 25.0 Å². The highest BCUT2D eigenvalue weighted by atomic mass is 19.1. The summed E-state index contributed by atoms with van der Waals surface area (Å²) in [5.41, 5.74) is 0.914. The molecule has 1 aromatic carbocycles. The fraction of sp³-hybridized carbons (Fsp3) is 0.571. The molecule has 0 atom stereocenters. The Morgan fingerprint density at radius 3 is 2.50 bits per heavy atom. The second-order valence-corrected chi connectivity index (χ2v) is 5.17. The van der Waals surface area contributed by atoms with Crippen molar-refractivity contribution in [2.45, 2.75) is 32.9 Å². The maximum atomic E-state index is 13.6. The minimum absolute atomic E-state index is 0.244. The van der Waals surface area contributed by atoms with Crippen molar-refractivity contribution in [3.63, 3.8) is 0 Å². The van der Waals surface area contributed by atoms with Crippen molar-refractivity contribution in [3.8, 4) is 0 Å². The molecule has 0 radical (unpaired) electrons. The summed E-state index contributed by atoms with van der Waals surface area (Å²) >= 11 is 0. The third-order valence-electron chi connectivity index (χ3n) is 2.65. The molecule has 0 unspecified atom stereocenters. The summed E-state index contributed by atoms with van der Waals surface area (Å²) in [5, 5.41) is 12.9. The minimum Gasteiger partial charge on any atom is -0.389 e. The standard InChI is InChI=1S/C14H23FN2O/c1-5-17(10-14(2,3)18)13-7-11(9-16-4)6-12(15)8-13/h6-8,16,18H,5,9-10H2,1-4H3. The summed E-state index contributed by atoms with van der Waals surface area (Å²) in [5.74, 6) is -0.244. The largest absolute Gasteiger partial charge is 0.389 e. The number of hydrogen-bond acceptors (Lipinski definition) is 3. The Morgan fingerprint density at radius 1 is 1.33 bits per heavy atom. The number of nitrogens with one attached hydrogen (secondary N) is 1. The van der Waals surface area contributed by atoms with Crippen LogP contribution in [0.1, 0.15) is 26.3 Å². The number of hydrogen-bond donors (Lipinski definition) is 2. The first-order valence-corrected chi connectivity index (χ1v) is 6.27. The van der Waals surface area contributed by atoms with E-state index in [0.29, 0.717) is 13.1 Å². The normalized spacial score (nSPS) is 11.7. The topological polar surface area (TPSA) is 35.5 Å². The Labute approximate surface area is 109 Å². The van der Waals surface area contributed by atoms with Crippen LogP contribution in [0.4, 0.5) is 10.1 Å². The molecule has 2 N–H and O–H groups in total. The van der Waals surface area contributed by atoms with Crippen LogP contribution in [-0.2, 0) is 6.54 Å². The van der Waals surface area contributed by atoms with Crippen molar-refractivity contribution < 1.29 is 9.50 Å². The third-order valence-corrected chi connectivity index (χ3v) is 2.65. The van der Waals surface area contributed by atoms with E-state index < -0.39 is 5.60 Å². The van der Waals surface area contributed by atoms with Gasteiger partial charge >= 0.3 is 0 Å². The van der Waals surface area contributed by atoms with Gasteiger partial charge in [-0.1, -0.05) is 0 Å². The van der Waals surface area contributed by atoms with E-state index in [4.69, 9.17) is 0 Å². The molecule has 18 heavy (non-hydrogen) atoms.